The van der Waals surface area contributed by atoms with Gasteiger partial charge in [-0.2, -0.15) is 0 Å². The molecule has 0 aromatic carbocycles. The van der Waals surface area contributed by atoms with Crippen LogP contribution in [0.4, 0.5) is 0 Å². The van der Waals surface area contributed by atoms with Crippen LogP contribution in [0.2, 0.25) is 38.8 Å². The molecule has 0 heterocycles. The van der Waals surface area contributed by atoms with Gasteiger partial charge in [0.1, 0.15) is 12.7 Å². The maximum atomic E-state index is 6.26. The zero-order valence-electron chi connectivity index (χ0n) is 12.8. The molecule has 0 atom stereocenters. The molecule has 0 aromatic heterocycles. The van der Waals surface area contributed by atoms with E-state index in [-0.39, 0.29) is 14.9 Å². The number of hydrogen-bond acceptors (Lipinski definition) is 3. The summed E-state index contributed by atoms with van der Waals surface area (Å²) >= 11 is 0. The molecule has 0 fully saturated rings. The van der Waals surface area contributed by atoms with Crippen LogP contribution in [0.1, 0.15) is 21.3 Å². The van der Waals surface area contributed by atoms with Crippen LogP contribution in [0.25, 0.3) is 0 Å². The van der Waals surface area contributed by atoms with E-state index in [9.17, 15) is 0 Å². The highest BCUT2D eigenvalue weighted by Gasteiger charge is 2.28. The fraction of sp³-hybridized carbons (Fsp3) is 0.750. The maximum absolute atomic E-state index is 6.26. The van der Waals surface area contributed by atoms with Crippen molar-refractivity contribution in [3.8, 4) is 24.4 Å². The van der Waals surface area contributed by atoms with Gasteiger partial charge in [-0.1, -0.05) is 14.9 Å². The van der Waals surface area contributed by atoms with Crippen molar-refractivity contribution in [2.24, 2.45) is 0 Å². The summed E-state index contributed by atoms with van der Waals surface area (Å²) in [5, 5.41) is 0. The molecule has 0 aliphatic heterocycles. The Kier molecular flexibility index (Phi) is 15.6. The second kappa shape index (κ2) is 13.0. The summed E-state index contributed by atoms with van der Waals surface area (Å²) in [5.41, 5.74) is 0. The van der Waals surface area contributed by atoms with Crippen molar-refractivity contribution in [1.82, 2.24) is 0 Å². The van der Waals surface area contributed by atoms with Crippen LogP contribution < -0.4 is 0 Å². The molecule has 0 unspecified atom stereocenters. The first-order valence-corrected chi connectivity index (χ1v) is 13.1. The third kappa shape index (κ3) is 19.3. The third-order valence-electron chi connectivity index (χ3n) is 2.18. The minimum Gasteiger partial charge on any atom is -0.456 e. The Hall–Kier alpha value is -0.726. The Balaban J connectivity index is -0.00000162. The van der Waals surface area contributed by atoms with Gasteiger partial charge in [0.2, 0.25) is 0 Å². The van der Waals surface area contributed by atoms with Crippen LogP contribution in [0, 0.1) is 24.4 Å². The average molecular weight is 331 g/mol. The summed E-state index contributed by atoms with van der Waals surface area (Å²) in [4.78, 5) is 0. The van der Waals surface area contributed by atoms with E-state index in [0.717, 1.165) is 19.1 Å². The van der Waals surface area contributed by atoms with Crippen LogP contribution in [-0.4, -0.2) is 36.5 Å². The standard InChI is InChI=1S/C14H26O3Si2.2CH4/c1-7-8-10-15-12-13-16-11-9-14-19(5,6)17-18(2,3)4;;/h1H,9,11-14H2,2-6H3;2*1H4. The van der Waals surface area contributed by atoms with Gasteiger partial charge < -0.3 is 13.6 Å². The molecule has 0 radical (unpaired) electrons. The molecule has 0 aliphatic carbocycles. The molecule has 21 heavy (non-hydrogen) atoms. The molecule has 0 aliphatic rings. The van der Waals surface area contributed by atoms with Gasteiger partial charge in [-0.05, 0) is 51.1 Å². The van der Waals surface area contributed by atoms with Gasteiger partial charge >= 0.3 is 0 Å². The number of hydrogen-bond donors (Lipinski definition) is 0. The minimum absolute atomic E-state index is 0. The van der Waals surface area contributed by atoms with Crippen LogP contribution in [0.5, 0.6) is 0 Å². The molecule has 124 valence electrons. The van der Waals surface area contributed by atoms with Gasteiger partial charge in [-0.3, -0.25) is 0 Å². The molecule has 0 amide bonds. The van der Waals surface area contributed by atoms with Gasteiger partial charge in [0.15, 0.2) is 16.6 Å². The zero-order chi connectivity index (χ0) is 14.8. The third-order valence-corrected chi connectivity index (χ3v) is 8.39. The smallest absolute Gasteiger partial charge is 0.173 e. The van der Waals surface area contributed by atoms with Crippen molar-refractivity contribution in [1.29, 1.82) is 0 Å². The molecule has 0 bridgehead atoms. The van der Waals surface area contributed by atoms with E-state index in [2.05, 4.69) is 50.7 Å². The fourth-order valence-electron chi connectivity index (χ4n) is 1.80. The lowest BCUT2D eigenvalue weighted by atomic mass is 10.5. The second-order valence-corrected chi connectivity index (χ2v) is 15.0. The molecule has 0 saturated carbocycles. The van der Waals surface area contributed by atoms with Crippen molar-refractivity contribution in [3.05, 3.63) is 0 Å². The Labute approximate surface area is 135 Å². The summed E-state index contributed by atoms with van der Waals surface area (Å²) in [6.07, 6.45) is 8.40. The van der Waals surface area contributed by atoms with Crippen molar-refractivity contribution < 1.29 is 13.6 Å². The van der Waals surface area contributed by atoms with Crippen molar-refractivity contribution >= 4 is 16.6 Å². The highest BCUT2D eigenvalue weighted by atomic mass is 28.4. The Morgan fingerprint density at radius 1 is 0.952 bits per heavy atom. The van der Waals surface area contributed by atoms with Gasteiger partial charge in [-0.15, -0.1) is 6.42 Å². The topological polar surface area (TPSA) is 27.7 Å². The average Bonchev–Trinajstić information content (AvgIpc) is 2.23. The van der Waals surface area contributed by atoms with Crippen molar-refractivity contribution in [2.45, 2.75) is 60.1 Å². The Morgan fingerprint density at radius 3 is 2.10 bits per heavy atom. The molecule has 0 saturated heterocycles. The summed E-state index contributed by atoms with van der Waals surface area (Å²) in [6.45, 7) is 13.1. The Bertz CT molecular complexity index is 343. The molecule has 0 aromatic rings. The number of rotatable bonds is 9. The largest absolute Gasteiger partial charge is 0.456 e. The van der Waals surface area contributed by atoms with E-state index < -0.39 is 16.6 Å². The molecule has 5 heteroatoms. The monoisotopic (exact) mass is 330 g/mol. The quantitative estimate of drug-likeness (QED) is 0.358. The van der Waals surface area contributed by atoms with E-state index in [1.165, 1.54) is 0 Å². The summed E-state index contributed by atoms with van der Waals surface area (Å²) in [5.74, 6) is 4.57. The van der Waals surface area contributed by atoms with E-state index in [1.807, 2.05) is 0 Å². The lowest BCUT2D eigenvalue weighted by Gasteiger charge is -2.31. The van der Waals surface area contributed by atoms with Crippen LogP contribution in [0.15, 0.2) is 0 Å². The van der Waals surface area contributed by atoms with Crippen LogP contribution in [0.3, 0.4) is 0 Å². The number of terminal acetylenes is 1. The first kappa shape index (κ1) is 25.2. The molecular formula is C16H34O3Si2. The zero-order valence-corrected chi connectivity index (χ0v) is 14.8. The first-order chi connectivity index (χ1) is 8.77. The maximum Gasteiger partial charge on any atom is 0.173 e. The summed E-state index contributed by atoms with van der Waals surface area (Å²) in [6, 6.07) is 1.13. The summed E-state index contributed by atoms with van der Waals surface area (Å²) < 4.78 is 16.7. The van der Waals surface area contributed by atoms with Crippen molar-refractivity contribution in [3.63, 3.8) is 0 Å². The first-order valence-electron chi connectivity index (χ1n) is 6.62. The van der Waals surface area contributed by atoms with Gasteiger partial charge in [0.25, 0.3) is 0 Å². The normalized spacial score (nSPS) is 10.3. The van der Waals surface area contributed by atoms with Crippen LogP contribution >= 0.6 is 0 Å². The minimum atomic E-state index is -1.52. The number of ether oxygens (including phenoxy) is 2. The predicted molar refractivity (Wildman–Crippen MR) is 98.2 cm³/mol. The molecule has 3 nitrogen and oxygen atoms in total. The second-order valence-electron chi connectivity index (χ2n) is 5.91. The van der Waals surface area contributed by atoms with E-state index in [4.69, 9.17) is 20.0 Å². The van der Waals surface area contributed by atoms with Crippen molar-refractivity contribution in [2.75, 3.05) is 19.8 Å². The lowest BCUT2D eigenvalue weighted by molar-refractivity contribution is 0.0911. The summed E-state index contributed by atoms with van der Waals surface area (Å²) in [7, 11) is -2.94. The fourth-order valence-corrected chi connectivity index (χ4v) is 9.83. The van der Waals surface area contributed by atoms with E-state index in [0.29, 0.717) is 13.2 Å². The molecular weight excluding hydrogens is 296 g/mol. The van der Waals surface area contributed by atoms with Gasteiger partial charge in [0.05, 0.1) is 6.61 Å². The Morgan fingerprint density at radius 2 is 1.57 bits per heavy atom. The van der Waals surface area contributed by atoms with Crippen LogP contribution in [-0.2, 0) is 13.6 Å². The molecule has 0 N–H and O–H groups in total. The molecule has 0 rings (SSSR count). The molecule has 0 spiro atoms. The SMILES string of the molecule is C.C.C#CC#COCCOCCC[Si](C)(C)O[Si](C)(C)C. The lowest BCUT2D eigenvalue weighted by Crippen LogP contribution is -2.42. The highest BCUT2D eigenvalue weighted by molar-refractivity contribution is 6.84. The van der Waals surface area contributed by atoms with Gasteiger partial charge in [-0.25, -0.2) is 0 Å². The predicted octanol–water partition coefficient (Wildman–Crippen LogP) is 4.33. The highest BCUT2D eigenvalue weighted by Crippen LogP contribution is 2.19. The van der Waals surface area contributed by atoms with E-state index >= 15 is 0 Å². The van der Waals surface area contributed by atoms with E-state index in [1.54, 1.807) is 0 Å². The van der Waals surface area contributed by atoms with Gasteiger partial charge in [0, 0.05) is 12.5 Å².